The molecule has 0 radical (unpaired) electrons. The van der Waals surface area contributed by atoms with Crippen LogP contribution in [0.2, 0.25) is 0 Å². The van der Waals surface area contributed by atoms with Crippen LogP contribution in [0.3, 0.4) is 0 Å². The molecule has 2 aromatic rings. The molecule has 7 heteroatoms. The van der Waals surface area contributed by atoms with E-state index in [0.717, 1.165) is 21.5 Å². The topological polar surface area (TPSA) is 97.5 Å². The van der Waals surface area contributed by atoms with Crippen LogP contribution in [0.5, 0.6) is 0 Å². The maximum atomic E-state index is 12.2. The van der Waals surface area contributed by atoms with Crippen molar-refractivity contribution >= 4 is 33.1 Å². The minimum atomic E-state index is -0.739. The fourth-order valence-electron chi connectivity index (χ4n) is 2.18. The van der Waals surface area contributed by atoms with Gasteiger partial charge in [0, 0.05) is 24.7 Å². The molecule has 0 saturated heterocycles. The van der Waals surface area contributed by atoms with Gasteiger partial charge in [0.05, 0.1) is 18.4 Å². The number of aromatic nitrogens is 1. The van der Waals surface area contributed by atoms with Crippen molar-refractivity contribution in [1.82, 2.24) is 10.3 Å². The summed E-state index contributed by atoms with van der Waals surface area (Å²) in [6.07, 6.45) is -0.739. The molecule has 0 aliphatic heterocycles. The third kappa shape index (κ3) is 3.31. The van der Waals surface area contributed by atoms with E-state index in [-0.39, 0.29) is 19.1 Å². The largest absolute Gasteiger partial charge is 0.397 e. The highest BCUT2D eigenvalue weighted by Crippen LogP contribution is 2.34. The second kappa shape index (κ2) is 6.38. The van der Waals surface area contributed by atoms with Crippen molar-refractivity contribution in [1.29, 1.82) is 0 Å². The van der Waals surface area contributed by atoms with Gasteiger partial charge in [-0.05, 0) is 25.5 Å². The summed E-state index contributed by atoms with van der Waals surface area (Å²) in [5, 5.41) is 13.0. The van der Waals surface area contributed by atoms with Crippen molar-refractivity contribution < 1.29 is 14.6 Å². The lowest BCUT2D eigenvalue weighted by Gasteiger charge is -2.10. The molecular formula is C14H19N3O3S. The van der Waals surface area contributed by atoms with E-state index in [1.165, 1.54) is 18.4 Å². The first-order valence-electron chi connectivity index (χ1n) is 6.55. The molecule has 21 heavy (non-hydrogen) atoms. The molecule has 0 aliphatic rings. The Labute approximate surface area is 126 Å². The number of ether oxygens (including phenoxy) is 1. The van der Waals surface area contributed by atoms with Gasteiger partial charge < -0.3 is 20.9 Å². The fourth-order valence-corrected chi connectivity index (χ4v) is 3.31. The molecule has 0 bridgehead atoms. The summed E-state index contributed by atoms with van der Waals surface area (Å²) >= 11 is 1.26. The Morgan fingerprint density at radius 2 is 2.29 bits per heavy atom. The zero-order valence-electron chi connectivity index (χ0n) is 12.3. The van der Waals surface area contributed by atoms with Crippen molar-refractivity contribution in [2.45, 2.75) is 20.0 Å². The highest BCUT2D eigenvalue weighted by Gasteiger charge is 2.19. The van der Waals surface area contributed by atoms with E-state index in [1.807, 2.05) is 19.9 Å². The van der Waals surface area contributed by atoms with Gasteiger partial charge in [0.25, 0.3) is 5.91 Å². The van der Waals surface area contributed by atoms with Gasteiger partial charge in [-0.3, -0.25) is 4.79 Å². The Balaban J connectivity index is 2.24. The van der Waals surface area contributed by atoms with Gasteiger partial charge in [-0.15, -0.1) is 11.3 Å². The molecule has 1 unspecified atom stereocenters. The van der Waals surface area contributed by atoms with Gasteiger partial charge in [0.15, 0.2) is 0 Å². The highest BCUT2D eigenvalue weighted by atomic mass is 32.1. The monoisotopic (exact) mass is 309 g/mol. The Bertz CT molecular complexity index is 669. The number of nitrogens with zero attached hydrogens (tertiary/aromatic N) is 1. The Hall–Kier alpha value is -1.70. The average Bonchev–Trinajstić information content (AvgIpc) is 2.73. The Morgan fingerprint density at radius 1 is 1.57 bits per heavy atom. The van der Waals surface area contributed by atoms with Gasteiger partial charge in [-0.1, -0.05) is 0 Å². The smallest absolute Gasteiger partial charge is 0.263 e. The summed E-state index contributed by atoms with van der Waals surface area (Å²) in [4.78, 5) is 17.8. The van der Waals surface area contributed by atoms with E-state index >= 15 is 0 Å². The second-order valence-electron chi connectivity index (χ2n) is 4.92. The summed E-state index contributed by atoms with van der Waals surface area (Å²) in [6, 6.07) is 1.94. The first-order valence-corrected chi connectivity index (χ1v) is 7.37. The molecule has 0 aromatic carbocycles. The SMILES string of the molecule is COCC(O)CNC(=O)c1sc2nc(C)cc(C)c2c1N. The third-order valence-electron chi connectivity index (χ3n) is 3.09. The van der Waals surface area contributed by atoms with Crippen molar-refractivity contribution in [3.8, 4) is 0 Å². The summed E-state index contributed by atoms with van der Waals surface area (Å²) < 4.78 is 4.81. The number of amides is 1. The van der Waals surface area contributed by atoms with Crippen LogP contribution in [0.1, 0.15) is 20.9 Å². The fraction of sp³-hybridized carbons (Fsp3) is 0.429. The number of anilines is 1. The zero-order chi connectivity index (χ0) is 15.6. The molecule has 0 aliphatic carbocycles. The van der Waals surface area contributed by atoms with Crippen molar-refractivity contribution in [3.63, 3.8) is 0 Å². The van der Waals surface area contributed by atoms with Crippen molar-refractivity contribution in [2.75, 3.05) is 26.0 Å². The Morgan fingerprint density at radius 3 is 2.95 bits per heavy atom. The number of nitrogen functional groups attached to an aromatic ring is 1. The number of aliphatic hydroxyl groups is 1. The number of hydrogen-bond donors (Lipinski definition) is 3. The van der Waals surface area contributed by atoms with Crippen LogP contribution in [0, 0.1) is 13.8 Å². The van der Waals surface area contributed by atoms with Gasteiger partial charge in [-0.2, -0.15) is 0 Å². The van der Waals surface area contributed by atoms with E-state index in [1.54, 1.807) is 0 Å². The number of nitrogens with two attached hydrogens (primary N) is 1. The van der Waals surface area contributed by atoms with Gasteiger partial charge in [0.2, 0.25) is 0 Å². The summed E-state index contributed by atoms with van der Waals surface area (Å²) in [5.41, 5.74) is 8.42. The summed E-state index contributed by atoms with van der Waals surface area (Å²) in [6.45, 7) is 4.14. The maximum Gasteiger partial charge on any atom is 0.263 e. The molecule has 6 nitrogen and oxygen atoms in total. The second-order valence-corrected chi connectivity index (χ2v) is 5.92. The third-order valence-corrected chi connectivity index (χ3v) is 4.19. The first-order chi connectivity index (χ1) is 9.93. The number of pyridine rings is 1. The normalized spacial score (nSPS) is 12.6. The molecule has 0 saturated carbocycles. The molecule has 0 fully saturated rings. The zero-order valence-corrected chi connectivity index (χ0v) is 13.1. The molecule has 114 valence electrons. The van der Waals surface area contributed by atoms with Crippen LogP contribution < -0.4 is 11.1 Å². The summed E-state index contributed by atoms with van der Waals surface area (Å²) in [5.74, 6) is -0.303. The van der Waals surface area contributed by atoms with Gasteiger partial charge in [-0.25, -0.2) is 4.98 Å². The standard InChI is InChI=1S/C14H19N3O3S/c1-7-4-8(2)17-14-10(7)11(15)12(21-14)13(19)16-5-9(18)6-20-3/h4,9,18H,5-6,15H2,1-3H3,(H,16,19). The molecule has 2 rings (SSSR count). The number of fused-ring (bicyclic) bond motifs is 1. The van der Waals surface area contributed by atoms with E-state index in [2.05, 4.69) is 10.3 Å². The van der Waals surface area contributed by atoms with Crippen molar-refractivity contribution in [3.05, 3.63) is 22.2 Å². The minimum Gasteiger partial charge on any atom is -0.397 e. The van der Waals surface area contributed by atoms with Crippen LogP contribution in [-0.2, 0) is 4.74 Å². The van der Waals surface area contributed by atoms with Gasteiger partial charge in [0.1, 0.15) is 9.71 Å². The predicted molar refractivity (Wildman–Crippen MR) is 83.7 cm³/mol. The van der Waals surface area contributed by atoms with E-state index in [4.69, 9.17) is 10.5 Å². The number of aliphatic hydroxyl groups excluding tert-OH is 1. The number of methoxy groups -OCH3 is 1. The minimum absolute atomic E-state index is 0.117. The Kier molecular flexibility index (Phi) is 4.76. The van der Waals surface area contributed by atoms with Crippen LogP contribution in [0.4, 0.5) is 5.69 Å². The quantitative estimate of drug-likeness (QED) is 0.772. The van der Waals surface area contributed by atoms with E-state index in [9.17, 15) is 9.90 Å². The highest BCUT2D eigenvalue weighted by molar-refractivity contribution is 7.21. The van der Waals surface area contributed by atoms with Gasteiger partial charge >= 0.3 is 0 Å². The average molecular weight is 309 g/mol. The van der Waals surface area contributed by atoms with Crippen LogP contribution in [0.15, 0.2) is 6.07 Å². The molecule has 2 heterocycles. The first kappa shape index (κ1) is 15.7. The van der Waals surface area contributed by atoms with Crippen LogP contribution in [0.25, 0.3) is 10.2 Å². The van der Waals surface area contributed by atoms with Crippen molar-refractivity contribution in [2.24, 2.45) is 0 Å². The predicted octanol–water partition coefficient (Wildman–Crippen LogP) is 1.23. The van der Waals surface area contributed by atoms with Crippen LogP contribution in [-0.4, -0.2) is 42.4 Å². The lowest BCUT2D eigenvalue weighted by Crippen LogP contribution is -2.34. The maximum absolute atomic E-state index is 12.2. The lowest BCUT2D eigenvalue weighted by molar-refractivity contribution is 0.0611. The number of nitrogens with one attached hydrogen (secondary N) is 1. The molecule has 2 aromatic heterocycles. The lowest BCUT2D eigenvalue weighted by atomic mass is 10.1. The molecule has 4 N–H and O–H groups in total. The molecule has 1 atom stereocenters. The number of carbonyl (C=O) groups excluding carboxylic acids is 1. The number of aryl methyl sites for hydroxylation is 2. The molecule has 1 amide bonds. The van der Waals surface area contributed by atoms with E-state index in [0.29, 0.717) is 10.6 Å². The van der Waals surface area contributed by atoms with E-state index < -0.39 is 6.10 Å². The number of rotatable bonds is 5. The molecule has 0 spiro atoms. The van der Waals surface area contributed by atoms with Crippen LogP contribution >= 0.6 is 11.3 Å². The number of hydrogen-bond acceptors (Lipinski definition) is 6. The molecular weight excluding hydrogens is 290 g/mol. The number of carbonyl (C=O) groups is 1. The summed E-state index contributed by atoms with van der Waals surface area (Å²) in [7, 11) is 1.49. The number of thiophene rings is 1.